The second-order valence-electron chi connectivity index (χ2n) is 6.68. The van der Waals surface area contributed by atoms with Gasteiger partial charge in [-0.15, -0.1) is 0 Å². The van der Waals surface area contributed by atoms with Crippen molar-refractivity contribution < 1.29 is 27.2 Å². The normalized spacial score (nSPS) is 10.7. The van der Waals surface area contributed by atoms with E-state index in [1.165, 1.54) is 0 Å². The number of nitrogens with one attached hydrogen (secondary N) is 2. The Morgan fingerprint density at radius 2 is 1.03 bits per heavy atom. The lowest BCUT2D eigenvalue weighted by Crippen LogP contribution is -2.24. The topological polar surface area (TPSA) is 58.2 Å². The second kappa shape index (κ2) is 10.0. The predicted octanol–water partition coefficient (Wildman–Crippen LogP) is 5.41. The lowest BCUT2D eigenvalue weighted by atomic mass is 10.1. The minimum absolute atomic E-state index is 0.0466. The molecule has 0 aliphatic carbocycles. The molecule has 0 unspecified atom stereocenters. The monoisotopic (exact) mass is 484 g/mol. The van der Waals surface area contributed by atoms with Crippen molar-refractivity contribution in [2.24, 2.45) is 0 Å². The number of carbonyl (C=O) groups excluding carboxylic acids is 2. The van der Waals surface area contributed by atoms with Crippen LogP contribution in [0.1, 0.15) is 31.8 Å². The molecule has 0 bridgehead atoms. The average molecular weight is 485 g/mol. The lowest BCUT2D eigenvalue weighted by molar-refractivity contribution is 0.0943. The van der Waals surface area contributed by atoms with Crippen LogP contribution in [0.15, 0.2) is 48.5 Å². The molecule has 3 aromatic rings. The van der Waals surface area contributed by atoms with E-state index in [1.807, 2.05) is 0 Å². The van der Waals surface area contributed by atoms with Crippen LogP contribution in [0.3, 0.4) is 0 Å². The third-order valence-corrected chi connectivity index (χ3v) is 5.03. The molecule has 2 N–H and O–H groups in total. The van der Waals surface area contributed by atoms with E-state index in [1.54, 1.807) is 24.3 Å². The number of rotatable bonds is 6. The van der Waals surface area contributed by atoms with Gasteiger partial charge in [-0.05, 0) is 35.4 Å². The fourth-order valence-electron chi connectivity index (χ4n) is 2.80. The van der Waals surface area contributed by atoms with E-state index in [9.17, 15) is 27.2 Å². The summed E-state index contributed by atoms with van der Waals surface area (Å²) in [6, 6.07) is 9.61. The number of amides is 2. The molecule has 3 aromatic carbocycles. The van der Waals surface area contributed by atoms with Crippen molar-refractivity contribution in [1.82, 2.24) is 10.6 Å². The summed E-state index contributed by atoms with van der Waals surface area (Å²) in [7, 11) is 0. The zero-order valence-corrected chi connectivity index (χ0v) is 17.6. The molecule has 0 aliphatic heterocycles. The van der Waals surface area contributed by atoms with Crippen LogP contribution < -0.4 is 10.6 Å². The quantitative estimate of drug-likeness (QED) is 0.363. The number of benzene rings is 3. The van der Waals surface area contributed by atoms with Crippen molar-refractivity contribution in [1.29, 1.82) is 0 Å². The summed E-state index contributed by atoms with van der Waals surface area (Å²) in [4.78, 5) is 24.5. The maximum Gasteiger partial charge on any atom is 0.253 e. The van der Waals surface area contributed by atoms with Crippen molar-refractivity contribution in [3.05, 3.63) is 104 Å². The molecular formula is C22H14Cl2F4N2O2. The molecule has 4 nitrogen and oxygen atoms in total. The van der Waals surface area contributed by atoms with Gasteiger partial charge in [0.25, 0.3) is 11.8 Å². The molecule has 32 heavy (non-hydrogen) atoms. The third kappa shape index (κ3) is 5.57. The maximum atomic E-state index is 13.4. The van der Waals surface area contributed by atoms with Gasteiger partial charge >= 0.3 is 0 Å². The van der Waals surface area contributed by atoms with E-state index in [2.05, 4.69) is 10.6 Å². The van der Waals surface area contributed by atoms with Crippen molar-refractivity contribution in [3.8, 4) is 0 Å². The Morgan fingerprint density at radius 1 is 0.656 bits per heavy atom. The molecule has 166 valence electrons. The zero-order valence-electron chi connectivity index (χ0n) is 16.1. The fraction of sp³-hybridized carbons (Fsp3) is 0.0909. The van der Waals surface area contributed by atoms with Crippen LogP contribution in [0.2, 0.25) is 10.0 Å². The van der Waals surface area contributed by atoms with Gasteiger partial charge < -0.3 is 10.6 Å². The summed E-state index contributed by atoms with van der Waals surface area (Å²) in [5, 5.41) is 4.63. The molecule has 0 spiro atoms. The molecule has 0 aromatic heterocycles. The number of hydrogen-bond acceptors (Lipinski definition) is 2. The summed E-state index contributed by atoms with van der Waals surface area (Å²) in [6.07, 6.45) is 0. The maximum absolute atomic E-state index is 13.4. The van der Waals surface area contributed by atoms with Crippen LogP contribution in [-0.2, 0) is 13.1 Å². The number of halogens is 6. The van der Waals surface area contributed by atoms with Crippen molar-refractivity contribution >= 4 is 35.0 Å². The van der Waals surface area contributed by atoms with Crippen LogP contribution in [0.4, 0.5) is 17.6 Å². The highest BCUT2D eigenvalue weighted by molar-refractivity contribution is 6.34. The van der Waals surface area contributed by atoms with E-state index in [0.29, 0.717) is 35.4 Å². The Balaban J connectivity index is 1.62. The molecule has 0 aliphatic rings. The Kier molecular flexibility index (Phi) is 7.37. The van der Waals surface area contributed by atoms with E-state index < -0.39 is 35.1 Å². The Labute approximate surface area is 190 Å². The van der Waals surface area contributed by atoms with Gasteiger partial charge in [-0.25, -0.2) is 17.6 Å². The molecule has 0 radical (unpaired) electrons. The second-order valence-corrected chi connectivity index (χ2v) is 7.49. The number of hydrogen-bond donors (Lipinski definition) is 2. The Hall–Kier alpha value is -3.10. The minimum atomic E-state index is -1.20. The molecule has 10 heteroatoms. The van der Waals surface area contributed by atoms with Gasteiger partial charge in [-0.1, -0.05) is 47.5 Å². The molecule has 0 saturated heterocycles. The zero-order chi connectivity index (χ0) is 23.4. The van der Waals surface area contributed by atoms with Crippen LogP contribution >= 0.6 is 23.2 Å². The number of carbonyl (C=O) groups is 2. The van der Waals surface area contributed by atoms with Crippen LogP contribution in [-0.4, -0.2) is 11.8 Å². The molecule has 2 amide bonds. The van der Waals surface area contributed by atoms with Crippen molar-refractivity contribution in [2.45, 2.75) is 13.1 Å². The van der Waals surface area contributed by atoms with E-state index in [0.717, 1.165) is 0 Å². The van der Waals surface area contributed by atoms with Gasteiger partial charge in [-0.2, -0.15) is 0 Å². The third-order valence-electron chi connectivity index (χ3n) is 4.41. The van der Waals surface area contributed by atoms with Gasteiger partial charge in [0, 0.05) is 13.1 Å². The first-order chi connectivity index (χ1) is 15.2. The molecule has 0 atom stereocenters. The fourth-order valence-corrected chi connectivity index (χ4v) is 3.27. The largest absolute Gasteiger partial charge is 0.348 e. The smallest absolute Gasteiger partial charge is 0.253 e. The van der Waals surface area contributed by atoms with E-state index in [4.69, 9.17) is 23.2 Å². The van der Waals surface area contributed by atoms with Crippen molar-refractivity contribution in [2.75, 3.05) is 0 Å². The highest BCUT2D eigenvalue weighted by atomic mass is 35.5. The summed E-state index contributed by atoms with van der Waals surface area (Å²) in [5.41, 5.74) is 0.874. The van der Waals surface area contributed by atoms with E-state index >= 15 is 0 Å². The highest BCUT2D eigenvalue weighted by Crippen LogP contribution is 2.21. The lowest BCUT2D eigenvalue weighted by Gasteiger charge is -2.10. The van der Waals surface area contributed by atoms with Crippen LogP contribution in [0, 0.1) is 23.3 Å². The highest BCUT2D eigenvalue weighted by Gasteiger charge is 2.16. The average Bonchev–Trinajstić information content (AvgIpc) is 2.75. The summed E-state index contributed by atoms with van der Waals surface area (Å²) >= 11 is 11.6. The van der Waals surface area contributed by atoms with Gasteiger partial charge in [-0.3, -0.25) is 9.59 Å². The molecule has 3 rings (SSSR count). The molecule has 0 heterocycles. The summed E-state index contributed by atoms with van der Waals surface area (Å²) < 4.78 is 53.1. The minimum Gasteiger partial charge on any atom is -0.348 e. The molecular weight excluding hydrogens is 471 g/mol. The van der Waals surface area contributed by atoms with Crippen molar-refractivity contribution in [3.63, 3.8) is 0 Å². The van der Waals surface area contributed by atoms with E-state index in [-0.39, 0.29) is 34.3 Å². The first-order valence-electron chi connectivity index (χ1n) is 9.09. The van der Waals surface area contributed by atoms with Crippen LogP contribution in [0.5, 0.6) is 0 Å². The van der Waals surface area contributed by atoms with Gasteiger partial charge in [0.15, 0.2) is 23.3 Å². The SMILES string of the molecule is O=C(NCc1cccc(CNC(=O)c2cc(F)c(F)cc2Cl)c1)c1cc(F)c(F)cc1Cl. The van der Waals surface area contributed by atoms with Gasteiger partial charge in [0.2, 0.25) is 0 Å². The van der Waals surface area contributed by atoms with Crippen LogP contribution in [0.25, 0.3) is 0 Å². The summed E-state index contributed by atoms with van der Waals surface area (Å²) in [6.45, 7) is 0.0931. The van der Waals surface area contributed by atoms with Gasteiger partial charge in [0.05, 0.1) is 21.2 Å². The van der Waals surface area contributed by atoms with Gasteiger partial charge in [0.1, 0.15) is 0 Å². The Morgan fingerprint density at radius 3 is 1.44 bits per heavy atom. The standard InChI is InChI=1S/C22H14Cl2F4N2O2/c23-15-7-19(27)17(25)5-13(15)21(31)29-9-11-2-1-3-12(4-11)10-30-22(32)14-6-18(26)20(28)8-16(14)24/h1-8H,9-10H2,(H,29,31)(H,30,32). The summed E-state index contributed by atoms with van der Waals surface area (Å²) in [5.74, 6) is -6.10. The predicted molar refractivity (Wildman–Crippen MR) is 112 cm³/mol. The first-order valence-corrected chi connectivity index (χ1v) is 9.84. The molecule has 0 fully saturated rings. The first kappa shape index (κ1) is 23.6. The Bertz CT molecular complexity index is 1120. The molecule has 0 saturated carbocycles.